The van der Waals surface area contributed by atoms with Crippen molar-refractivity contribution in [2.45, 2.75) is 25.3 Å². The number of nitrogens with zero attached hydrogens (tertiary/aromatic N) is 1. The molecule has 2 heterocycles. The number of carbonyl (C=O) groups excluding carboxylic acids is 2. The third-order valence-electron chi connectivity index (χ3n) is 4.02. The minimum Gasteiger partial charge on any atom is -0.467 e. The fraction of sp³-hybridized carbons (Fsp3) is 0.333. The van der Waals surface area contributed by atoms with Crippen LogP contribution in [-0.2, 0) is 9.59 Å². The maximum absolute atomic E-state index is 12.4. The number of amides is 2. The number of likely N-dealkylation sites (tertiary alicyclic amines) is 1. The molecular weight excluding hydrogens is 292 g/mol. The van der Waals surface area contributed by atoms with Crippen LogP contribution in [0.3, 0.4) is 0 Å². The van der Waals surface area contributed by atoms with Gasteiger partial charge in [-0.05, 0) is 30.5 Å². The molecule has 5 heteroatoms. The molecule has 2 amide bonds. The molecule has 0 bridgehead atoms. The molecule has 1 aliphatic rings. The van der Waals surface area contributed by atoms with E-state index in [0.717, 1.165) is 18.4 Å². The number of carbonyl (C=O) groups is 2. The van der Waals surface area contributed by atoms with E-state index in [0.29, 0.717) is 18.7 Å². The zero-order valence-electron chi connectivity index (χ0n) is 12.9. The topological polar surface area (TPSA) is 62.6 Å². The molecule has 2 aromatic rings. The number of nitrogens with one attached hydrogen (secondary N) is 1. The van der Waals surface area contributed by atoms with Gasteiger partial charge in [0.1, 0.15) is 11.8 Å². The summed E-state index contributed by atoms with van der Waals surface area (Å²) < 4.78 is 5.47. The van der Waals surface area contributed by atoms with E-state index in [2.05, 4.69) is 5.32 Å². The van der Waals surface area contributed by atoms with Crippen molar-refractivity contribution in [3.05, 3.63) is 60.1 Å². The second-order valence-corrected chi connectivity index (χ2v) is 5.70. The third kappa shape index (κ3) is 3.80. The highest BCUT2D eigenvalue weighted by atomic mass is 16.3. The van der Waals surface area contributed by atoms with E-state index in [9.17, 15) is 9.59 Å². The molecule has 1 unspecified atom stereocenters. The molecular formula is C18H20N2O3. The monoisotopic (exact) mass is 312 g/mol. The Kier molecular flexibility index (Phi) is 4.76. The van der Waals surface area contributed by atoms with Gasteiger partial charge in [-0.25, -0.2) is 0 Å². The van der Waals surface area contributed by atoms with E-state index in [1.165, 1.54) is 0 Å². The molecule has 120 valence electrons. The van der Waals surface area contributed by atoms with E-state index in [4.69, 9.17) is 4.42 Å². The largest absolute Gasteiger partial charge is 0.467 e. The smallest absolute Gasteiger partial charge is 0.240 e. The second-order valence-electron chi connectivity index (χ2n) is 5.70. The minimum atomic E-state index is -0.349. The van der Waals surface area contributed by atoms with Crippen LogP contribution in [0.5, 0.6) is 0 Å². The standard InChI is InChI=1S/C18H20N2O3/c21-16(13-20-11-5-4-10-17(20)22)19-18(15-9-6-12-23-15)14-7-2-1-3-8-14/h1-3,6-9,12,18H,4-5,10-11,13H2,(H,19,21). The lowest BCUT2D eigenvalue weighted by molar-refractivity contribution is -0.138. The molecule has 1 aliphatic heterocycles. The summed E-state index contributed by atoms with van der Waals surface area (Å²) in [4.78, 5) is 25.9. The summed E-state index contributed by atoms with van der Waals surface area (Å²) in [5.41, 5.74) is 0.945. The van der Waals surface area contributed by atoms with Crippen LogP contribution in [0.15, 0.2) is 53.1 Å². The lowest BCUT2D eigenvalue weighted by Crippen LogP contribution is -2.43. The normalized spacial score (nSPS) is 16.2. The average molecular weight is 312 g/mol. The van der Waals surface area contributed by atoms with Gasteiger partial charge in [-0.1, -0.05) is 30.3 Å². The predicted molar refractivity (Wildman–Crippen MR) is 85.6 cm³/mol. The van der Waals surface area contributed by atoms with Gasteiger partial charge in [0.15, 0.2) is 0 Å². The zero-order valence-corrected chi connectivity index (χ0v) is 12.9. The van der Waals surface area contributed by atoms with Gasteiger partial charge in [0.05, 0.1) is 12.8 Å². The van der Waals surface area contributed by atoms with Crippen LogP contribution in [0, 0.1) is 0 Å². The zero-order chi connectivity index (χ0) is 16.1. The average Bonchev–Trinajstić information content (AvgIpc) is 3.10. The van der Waals surface area contributed by atoms with Crippen molar-refractivity contribution in [1.29, 1.82) is 0 Å². The van der Waals surface area contributed by atoms with Gasteiger partial charge in [0, 0.05) is 13.0 Å². The van der Waals surface area contributed by atoms with Gasteiger partial charge in [0.2, 0.25) is 11.8 Å². The number of hydrogen-bond acceptors (Lipinski definition) is 3. The molecule has 0 saturated carbocycles. The predicted octanol–water partition coefficient (Wildman–Crippen LogP) is 2.50. The van der Waals surface area contributed by atoms with Gasteiger partial charge >= 0.3 is 0 Å². The summed E-state index contributed by atoms with van der Waals surface area (Å²) in [6.07, 6.45) is 3.99. The van der Waals surface area contributed by atoms with Gasteiger partial charge < -0.3 is 14.6 Å². The molecule has 0 spiro atoms. The summed E-state index contributed by atoms with van der Waals surface area (Å²) in [6, 6.07) is 12.9. The van der Waals surface area contributed by atoms with Crippen molar-refractivity contribution in [2.24, 2.45) is 0 Å². The second kappa shape index (κ2) is 7.13. The Morgan fingerprint density at radius 2 is 2.00 bits per heavy atom. The van der Waals surface area contributed by atoms with E-state index in [1.807, 2.05) is 36.4 Å². The van der Waals surface area contributed by atoms with Crippen molar-refractivity contribution in [2.75, 3.05) is 13.1 Å². The molecule has 3 rings (SSSR count). The highest BCUT2D eigenvalue weighted by Gasteiger charge is 2.24. The van der Waals surface area contributed by atoms with Gasteiger partial charge in [-0.3, -0.25) is 9.59 Å². The van der Waals surface area contributed by atoms with Crippen LogP contribution in [0.25, 0.3) is 0 Å². The molecule has 0 radical (unpaired) electrons. The van der Waals surface area contributed by atoms with Crippen molar-refractivity contribution in [3.8, 4) is 0 Å². The first kappa shape index (κ1) is 15.3. The van der Waals surface area contributed by atoms with Crippen molar-refractivity contribution in [3.63, 3.8) is 0 Å². The van der Waals surface area contributed by atoms with Gasteiger partial charge in [-0.15, -0.1) is 0 Å². The van der Waals surface area contributed by atoms with E-state index < -0.39 is 0 Å². The van der Waals surface area contributed by atoms with Gasteiger partial charge in [0.25, 0.3) is 0 Å². The Morgan fingerprint density at radius 3 is 2.70 bits per heavy atom. The Hall–Kier alpha value is -2.56. The fourth-order valence-electron chi connectivity index (χ4n) is 2.83. The van der Waals surface area contributed by atoms with Crippen LogP contribution in [0.4, 0.5) is 0 Å². The molecule has 1 saturated heterocycles. The van der Waals surface area contributed by atoms with E-state index in [1.54, 1.807) is 17.2 Å². The first-order chi connectivity index (χ1) is 11.2. The lowest BCUT2D eigenvalue weighted by Gasteiger charge is -2.27. The van der Waals surface area contributed by atoms with E-state index in [-0.39, 0.29) is 24.4 Å². The van der Waals surface area contributed by atoms with Crippen LogP contribution < -0.4 is 5.32 Å². The Morgan fingerprint density at radius 1 is 1.17 bits per heavy atom. The lowest BCUT2D eigenvalue weighted by atomic mass is 10.0. The summed E-state index contributed by atoms with van der Waals surface area (Å²) in [5.74, 6) is 0.556. The molecule has 1 N–H and O–H groups in total. The first-order valence-electron chi connectivity index (χ1n) is 7.89. The maximum Gasteiger partial charge on any atom is 0.240 e. The highest BCUT2D eigenvalue weighted by molar-refractivity contribution is 5.85. The van der Waals surface area contributed by atoms with Crippen LogP contribution in [0.1, 0.15) is 36.6 Å². The quantitative estimate of drug-likeness (QED) is 0.922. The summed E-state index contributed by atoms with van der Waals surface area (Å²) >= 11 is 0. The van der Waals surface area contributed by atoms with Crippen molar-refractivity contribution in [1.82, 2.24) is 10.2 Å². The molecule has 1 fully saturated rings. The Labute approximate surface area is 135 Å². The number of furan rings is 1. The molecule has 5 nitrogen and oxygen atoms in total. The first-order valence-corrected chi connectivity index (χ1v) is 7.89. The molecule has 23 heavy (non-hydrogen) atoms. The SMILES string of the molecule is O=C(CN1CCCCC1=O)NC(c1ccccc1)c1ccco1. The number of rotatable bonds is 5. The summed E-state index contributed by atoms with van der Waals surface area (Å²) in [6.45, 7) is 0.756. The Bertz CT molecular complexity index is 652. The fourth-order valence-corrected chi connectivity index (χ4v) is 2.83. The molecule has 1 aromatic carbocycles. The summed E-state index contributed by atoms with van der Waals surface area (Å²) in [7, 11) is 0. The Balaban J connectivity index is 1.71. The maximum atomic E-state index is 12.4. The number of benzene rings is 1. The van der Waals surface area contributed by atoms with Crippen molar-refractivity contribution < 1.29 is 14.0 Å². The van der Waals surface area contributed by atoms with E-state index >= 15 is 0 Å². The van der Waals surface area contributed by atoms with Crippen molar-refractivity contribution >= 4 is 11.8 Å². The van der Waals surface area contributed by atoms with Gasteiger partial charge in [-0.2, -0.15) is 0 Å². The third-order valence-corrected chi connectivity index (χ3v) is 4.02. The number of hydrogen-bond donors (Lipinski definition) is 1. The highest BCUT2D eigenvalue weighted by Crippen LogP contribution is 2.22. The molecule has 1 atom stereocenters. The van der Waals surface area contributed by atoms with Crippen LogP contribution in [-0.4, -0.2) is 29.8 Å². The van der Waals surface area contributed by atoms with Crippen LogP contribution in [0.2, 0.25) is 0 Å². The summed E-state index contributed by atoms with van der Waals surface area (Å²) in [5, 5.41) is 2.98. The number of piperidine rings is 1. The minimum absolute atomic E-state index is 0.0562. The molecule has 1 aromatic heterocycles. The van der Waals surface area contributed by atoms with Crippen LogP contribution >= 0.6 is 0 Å². The molecule has 0 aliphatic carbocycles.